The predicted octanol–water partition coefficient (Wildman–Crippen LogP) is 3.20. The van der Waals surface area contributed by atoms with Crippen LogP contribution in [0.4, 0.5) is 18.9 Å². The van der Waals surface area contributed by atoms with Crippen LogP contribution in [0.15, 0.2) is 62.2 Å². The summed E-state index contributed by atoms with van der Waals surface area (Å²) in [6, 6.07) is 4.87. The van der Waals surface area contributed by atoms with E-state index in [1.807, 2.05) is 0 Å². The quantitative estimate of drug-likeness (QED) is 0.196. The van der Waals surface area contributed by atoms with Gasteiger partial charge in [-0.15, -0.1) is 0 Å². The Morgan fingerprint density at radius 1 is 0.781 bits per heavy atom. The molecule has 1 rings (SSSR count). The number of ether oxygens (including phenoxy) is 3. The zero-order chi connectivity index (χ0) is 24.2. The summed E-state index contributed by atoms with van der Waals surface area (Å²) in [7, 11) is 0. The monoisotopic (exact) mass is 456 g/mol. The van der Waals surface area contributed by atoms with Crippen LogP contribution in [-0.4, -0.2) is 57.4 Å². The number of para-hydroxylation sites is 1. The Morgan fingerprint density at radius 3 is 1.50 bits per heavy atom. The number of hydrogen-bond acceptors (Lipinski definition) is 6. The van der Waals surface area contributed by atoms with Crippen molar-refractivity contribution in [3.63, 3.8) is 0 Å². The minimum atomic E-state index is -4.69. The molecule has 0 fully saturated rings. The zero-order valence-corrected chi connectivity index (χ0v) is 17.4. The van der Waals surface area contributed by atoms with E-state index < -0.39 is 34.1 Å². The Labute approximate surface area is 183 Å². The lowest BCUT2D eigenvalue weighted by Gasteiger charge is -2.39. The van der Waals surface area contributed by atoms with Gasteiger partial charge in [0.1, 0.15) is 50.7 Å². The molecule has 0 spiro atoms. The van der Waals surface area contributed by atoms with Crippen molar-refractivity contribution in [3.05, 3.63) is 67.8 Å². The van der Waals surface area contributed by atoms with Gasteiger partial charge in [-0.05, 0) is 12.1 Å². The van der Waals surface area contributed by atoms with Gasteiger partial charge in [0.05, 0.1) is 0 Å². The van der Waals surface area contributed by atoms with Gasteiger partial charge >= 0.3 is 24.1 Å². The third-order valence-corrected chi connectivity index (χ3v) is 4.51. The lowest BCUT2D eigenvalue weighted by molar-refractivity contribution is -0.142. The van der Waals surface area contributed by atoms with Crippen molar-refractivity contribution in [2.45, 2.75) is 6.18 Å². The SMILES string of the molecule is C=CC(=O)OCC[N+](CCOC(=O)C=C)(CCOC(=O)C=C)c1ccccc1C(F)(F)F. The molecule has 1 aromatic carbocycles. The van der Waals surface area contributed by atoms with Gasteiger partial charge in [-0.1, -0.05) is 31.9 Å². The van der Waals surface area contributed by atoms with E-state index in [0.29, 0.717) is 0 Å². The van der Waals surface area contributed by atoms with Gasteiger partial charge in [0.15, 0.2) is 0 Å². The van der Waals surface area contributed by atoms with E-state index in [-0.39, 0.29) is 45.1 Å². The number of quaternary nitrogens is 1. The van der Waals surface area contributed by atoms with Crippen molar-refractivity contribution in [3.8, 4) is 0 Å². The number of rotatable bonds is 13. The average Bonchev–Trinajstić information content (AvgIpc) is 2.77. The molecule has 0 heterocycles. The van der Waals surface area contributed by atoms with E-state index in [1.165, 1.54) is 18.2 Å². The first kappa shape index (κ1) is 26.6. The fourth-order valence-corrected chi connectivity index (χ4v) is 2.96. The number of hydrogen-bond donors (Lipinski definition) is 0. The topological polar surface area (TPSA) is 78.9 Å². The maximum atomic E-state index is 13.8. The Hall–Kier alpha value is -3.40. The number of halogens is 3. The first-order valence-corrected chi connectivity index (χ1v) is 9.50. The molecule has 0 radical (unpaired) electrons. The summed E-state index contributed by atoms with van der Waals surface area (Å²) in [5.41, 5.74) is -1.07. The summed E-state index contributed by atoms with van der Waals surface area (Å²) < 4.78 is 55.9. The molecule has 174 valence electrons. The van der Waals surface area contributed by atoms with Crippen molar-refractivity contribution in [2.24, 2.45) is 0 Å². The largest absolute Gasteiger partial charge is 0.457 e. The van der Waals surface area contributed by atoms with Crippen LogP contribution in [0.25, 0.3) is 0 Å². The zero-order valence-electron chi connectivity index (χ0n) is 17.4. The van der Waals surface area contributed by atoms with Gasteiger partial charge in [-0.3, -0.25) is 4.48 Å². The fraction of sp³-hybridized carbons (Fsp3) is 0.318. The summed E-state index contributed by atoms with van der Waals surface area (Å²) in [6.07, 6.45) is -1.91. The molecule has 1 aromatic rings. The molecular formula is C22H25F3NO6+. The summed E-state index contributed by atoms with van der Waals surface area (Å²) in [6.45, 7) is 8.68. The van der Waals surface area contributed by atoms with Gasteiger partial charge in [0.25, 0.3) is 0 Å². The van der Waals surface area contributed by atoms with Crippen LogP contribution in [0.3, 0.4) is 0 Å². The summed E-state index contributed by atoms with van der Waals surface area (Å²) in [4.78, 5) is 34.4. The van der Waals surface area contributed by atoms with Crippen LogP contribution in [0.1, 0.15) is 5.56 Å². The molecule has 0 amide bonds. The third-order valence-electron chi connectivity index (χ3n) is 4.51. The van der Waals surface area contributed by atoms with Crippen molar-refractivity contribution in [1.29, 1.82) is 0 Å². The van der Waals surface area contributed by atoms with E-state index in [0.717, 1.165) is 24.3 Å². The highest BCUT2D eigenvalue weighted by atomic mass is 19.4. The normalized spacial score (nSPS) is 11.2. The van der Waals surface area contributed by atoms with Crippen LogP contribution in [0, 0.1) is 0 Å². The first-order valence-electron chi connectivity index (χ1n) is 9.50. The van der Waals surface area contributed by atoms with Crippen LogP contribution in [-0.2, 0) is 34.8 Å². The van der Waals surface area contributed by atoms with Gasteiger partial charge < -0.3 is 14.2 Å². The van der Waals surface area contributed by atoms with E-state index in [2.05, 4.69) is 19.7 Å². The minimum absolute atomic E-state index is 0.121. The van der Waals surface area contributed by atoms with Gasteiger partial charge in [0, 0.05) is 18.2 Å². The van der Waals surface area contributed by atoms with Crippen LogP contribution >= 0.6 is 0 Å². The standard InChI is InChI=1S/C22H25F3NO6/c1-4-19(27)30-14-11-26(12-15-31-20(28)5-2,13-16-32-21(29)6-3)18-10-8-7-9-17(18)22(23,24)25/h4-10H,1-3,11-16H2/q+1. The summed E-state index contributed by atoms with van der Waals surface area (Å²) >= 11 is 0. The maximum Gasteiger partial charge on any atom is 0.422 e. The van der Waals surface area contributed by atoms with Crippen molar-refractivity contribution < 1.29 is 41.8 Å². The van der Waals surface area contributed by atoms with Gasteiger partial charge in [-0.2, -0.15) is 13.2 Å². The van der Waals surface area contributed by atoms with E-state index >= 15 is 0 Å². The van der Waals surface area contributed by atoms with E-state index in [1.54, 1.807) is 0 Å². The molecule has 0 bridgehead atoms. The third kappa shape index (κ3) is 8.03. The fourth-order valence-electron chi connectivity index (χ4n) is 2.96. The van der Waals surface area contributed by atoms with Crippen LogP contribution in [0.5, 0.6) is 0 Å². The second-order valence-corrected chi connectivity index (χ2v) is 6.45. The van der Waals surface area contributed by atoms with Gasteiger partial charge in [-0.25, -0.2) is 14.4 Å². The van der Waals surface area contributed by atoms with Crippen molar-refractivity contribution >= 4 is 23.6 Å². The smallest absolute Gasteiger partial charge is 0.422 e. The molecule has 0 unspecified atom stereocenters. The molecule has 0 saturated carbocycles. The lowest BCUT2D eigenvalue weighted by Crippen LogP contribution is -2.56. The number of alkyl halides is 3. The Balaban J connectivity index is 3.40. The molecule has 0 aliphatic carbocycles. The second-order valence-electron chi connectivity index (χ2n) is 6.45. The number of esters is 3. The first-order chi connectivity index (χ1) is 15.1. The van der Waals surface area contributed by atoms with Gasteiger partial charge in [0.2, 0.25) is 0 Å². The molecule has 0 N–H and O–H groups in total. The Kier molecular flexibility index (Phi) is 10.4. The molecule has 0 aromatic heterocycles. The van der Waals surface area contributed by atoms with Crippen molar-refractivity contribution in [2.75, 3.05) is 39.5 Å². The maximum absolute atomic E-state index is 13.8. The summed E-state index contributed by atoms with van der Waals surface area (Å²) in [5, 5.41) is 0. The molecule has 0 aliphatic heterocycles. The second kappa shape index (κ2) is 12.5. The minimum Gasteiger partial charge on any atom is -0.457 e. The molecule has 0 aliphatic rings. The molecule has 7 nitrogen and oxygen atoms in total. The summed E-state index contributed by atoms with van der Waals surface area (Å²) in [5.74, 6) is -2.24. The number of nitrogens with zero attached hydrogens (tertiary/aromatic N) is 1. The molecule has 0 atom stereocenters. The van der Waals surface area contributed by atoms with Crippen molar-refractivity contribution in [1.82, 2.24) is 4.48 Å². The predicted molar refractivity (Wildman–Crippen MR) is 111 cm³/mol. The highest BCUT2D eigenvalue weighted by molar-refractivity contribution is 5.81. The molecular weight excluding hydrogens is 431 g/mol. The number of carbonyl (C=O) groups is 3. The van der Waals surface area contributed by atoms with E-state index in [9.17, 15) is 27.6 Å². The average molecular weight is 456 g/mol. The molecule has 32 heavy (non-hydrogen) atoms. The molecule has 0 saturated heterocycles. The van der Waals surface area contributed by atoms with Crippen LogP contribution < -0.4 is 4.48 Å². The Bertz CT molecular complexity index is 786. The number of benzene rings is 1. The lowest BCUT2D eigenvalue weighted by atomic mass is 10.1. The Morgan fingerprint density at radius 2 is 1.16 bits per heavy atom. The highest BCUT2D eigenvalue weighted by Gasteiger charge is 2.42. The van der Waals surface area contributed by atoms with E-state index in [4.69, 9.17) is 14.2 Å². The number of carbonyl (C=O) groups excluding carboxylic acids is 3. The molecule has 10 heteroatoms. The van der Waals surface area contributed by atoms with Crippen LogP contribution in [0.2, 0.25) is 0 Å². The highest BCUT2D eigenvalue weighted by Crippen LogP contribution is 2.39.